The Morgan fingerprint density at radius 1 is 1.58 bits per heavy atom. The number of methoxy groups -OCH3 is 1. The second-order valence-corrected chi connectivity index (χ2v) is 2.58. The van der Waals surface area contributed by atoms with Crippen LogP contribution in [0.15, 0.2) is 12.7 Å². The van der Waals surface area contributed by atoms with Gasteiger partial charge in [0, 0.05) is 13.7 Å². The van der Waals surface area contributed by atoms with Crippen molar-refractivity contribution in [2.24, 2.45) is 0 Å². The third-order valence-corrected chi connectivity index (χ3v) is 1.46. The molecule has 12 heavy (non-hydrogen) atoms. The molecular weight excluding hydrogens is 154 g/mol. The quantitative estimate of drug-likeness (QED) is 0.435. The second kappa shape index (κ2) is 8.71. The van der Waals surface area contributed by atoms with Gasteiger partial charge in [-0.2, -0.15) is 0 Å². The van der Waals surface area contributed by atoms with Crippen LogP contribution in [0.4, 0.5) is 0 Å². The summed E-state index contributed by atoms with van der Waals surface area (Å²) < 4.78 is 10.5. The smallest absolute Gasteiger partial charge is 0.0932 e. The maximum Gasteiger partial charge on any atom is 0.0932 e. The van der Waals surface area contributed by atoms with Gasteiger partial charge in [-0.05, 0) is 13.5 Å². The van der Waals surface area contributed by atoms with Gasteiger partial charge >= 0.3 is 0 Å². The standard InChI is InChI=1S/C9H19NO2/c1-4-5-6-12-9(7-10-2)8-11-3/h4,9-10H,1,5-8H2,2-3H3. The molecule has 0 amide bonds. The van der Waals surface area contributed by atoms with E-state index in [1.165, 1.54) is 0 Å². The Bertz CT molecular complexity index is 101. The van der Waals surface area contributed by atoms with E-state index < -0.39 is 0 Å². The molecule has 72 valence electrons. The number of nitrogens with one attached hydrogen (secondary N) is 1. The summed E-state index contributed by atoms with van der Waals surface area (Å²) in [6, 6.07) is 0. The minimum absolute atomic E-state index is 0.153. The molecule has 0 fully saturated rings. The van der Waals surface area contributed by atoms with Crippen LogP contribution in [0.1, 0.15) is 6.42 Å². The molecule has 0 bridgehead atoms. The summed E-state index contributed by atoms with van der Waals surface area (Å²) in [4.78, 5) is 0. The molecule has 3 nitrogen and oxygen atoms in total. The minimum atomic E-state index is 0.153. The Balaban J connectivity index is 3.40. The van der Waals surface area contributed by atoms with E-state index in [1.807, 2.05) is 13.1 Å². The van der Waals surface area contributed by atoms with Crippen LogP contribution in [-0.2, 0) is 9.47 Å². The fourth-order valence-electron chi connectivity index (χ4n) is 0.898. The number of hydrogen-bond donors (Lipinski definition) is 1. The lowest BCUT2D eigenvalue weighted by Crippen LogP contribution is -2.30. The molecule has 0 heterocycles. The van der Waals surface area contributed by atoms with Crippen LogP contribution in [0.2, 0.25) is 0 Å². The number of hydrogen-bond acceptors (Lipinski definition) is 3. The van der Waals surface area contributed by atoms with E-state index in [9.17, 15) is 0 Å². The summed E-state index contributed by atoms with van der Waals surface area (Å²) in [6.07, 6.45) is 2.90. The lowest BCUT2D eigenvalue weighted by atomic mass is 10.3. The van der Waals surface area contributed by atoms with Gasteiger partial charge in [0.15, 0.2) is 0 Å². The van der Waals surface area contributed by atoms with Gasteiger partial charge < -0.3 is 14.8 Å². The van der Waals surface area contributed by atoms with Crippen molar-refractivity contribution in [2.75, 3.05) is 33.9 Å². The summed E-state index contributed by atoms with van der Waals surface area (Å²) in [5.74, 6) is 0. The average molecular weight is 173 g/mol. The highest BCUT2D eigenvalue weighted by Crippen LogP contribution is 1.93. The minimum Gasteiger partial charge on any atom is -0.382 e. The first-order valence-corrected chi connectivity index (χ1v) is 4.21. The van der Waals surface area contributed by atoms with E-state index in [4.69, 9.17) is 9.47 Å². The zero-order valence-corrected chi connectivity index (χ0v) is 8.01. The van der Waals surface area contributed by atoms with E-state index in [0.717, 1.165) is 19.6 Å². The first-order chi connectivity index (χ1) is 5.85. The van der Waals surface area contributed by atoms with Crippen LogP contribution >= 0.6 is 0 Å². The molecule has 0 aliphatic carbocycles. The molecule has 0 saturated carbocycles. The van der Waals surface area contributed by atoms with Crippen LogP contribution < -0.4 is 5.32 Å². The molecule has 0 saturated heterocycles. The molecule has 0 radical (unpaired) electrons. The van der Waals surface area contributed by atoms with Crippen LogP contribution in [0.3, 0.4) is 0 Å². The molecule has 0 spiro atoms. The molecule has 0 aromatic rings. The molecule has 1 unspecified atom stereocenters. The van der Waals surface area contributed by atoms with Crippen molar-refractivity contribution < 1.29 is 9.47 Å². The normalized spacial score (nSPS) is 12.8. The molecule has 1 N–H and O–H groups in total. The molecule has 0 aliphatic rings. The van der Waals surface area contributed by atoms with Gasteiger partial charge in [0.2, 0.25) is 0 Å². The van der Waals surface area contributed by atoms with Gasteiger partial charge in [-0.25, -0.2) is 0 Å². The first-order valence-electron chi connectivity index (χ1n) is 4.21. The fourth-order valence-corrected chi connectivity index (χ4v) is 0.898. The van der Waals surface area contributed by atoms with Crippen LogP contribution in [0.5, 0.6) is 0 Å². The van der Waals surface area contributed by atoms with Gasteiger partial charge in [-0.15, -0.1) is 6.58 Å². The van der Waals surface area contributed by atoms with Crippen molar-refractivity contribution >= 4 is 0 Å². The Hall–Kier alpha value is -0.380. The SMILES string of the molecule is C=CCCOC(CNC)COC. The van der Waals surface area contributed by atoms with E-state index in [2.05, 4.69) is 11.9 Å². The summed E-state index contributed by atoms with van der Waals surface area (Å²) >= 11 is 0. The van der Waals surface area contributed by atoms with Crippen LogP contribution in [0, 0.1) is 0 Å². The Morgan fingerprint density at radius 2 is 2.33 bits per heavy atom. The third kappa shape index (κ3) is 6.34. The number of likely N-dealkylation sites (N-methyl/N-ethyl adjacent to an activating group) is 1. The Morgan fingerprint density at radius 3 is 2.83 bits per heavy atom. The van der Waals surface area contributed by atoms with Crippen LogP contribution in [-0.4, -0.2) is 40.0 Å². The van der Waals surface area contributed by atoms with E-state index in [0.29, 0.717) is 6.61 Å². The average Bonchev–Trinajstić information content (AvgIpc) is 2.06. The van der Waals surface area contributed by atoms with Crippen molar-refractivity contribution in [1.29, 1.82) is 0 Å². The van der Waals surface area contributed by atoms with Crippen molar-refractivity contribution in [2.45, 2.75) is 12.5 Å². The largest absolute Gasteiger partial charge is 0.382 e. The van der Waals surface area contributed by atoms with E-state index in [-0.39, 0.29) is 6.10 Å². The Kier molecular flexibility index (Phi) is 8.44. The van der Waals surface area contributed by atoms with Gasteiger partial charge in [-0.3, -0.25) is 0 Å². The molecular formula is C9H19NO2. The zero-order chi connectivity index (χ0) is 9.23. The molecule has 0 rings (SSSR count). The third-order valence-electron chi connectivity index (χ3n) is 1.46. The highest BCUT2D eigenvalue weighted by Gasteiger charge is 2.05. The molecule has 1 atom stereocenters. The summed E-state index contributed by atoms with van der Waals surface area (Å²) in [5.41, 5.74) is 0. The van der Waals surface area contributed by atoms with Crippen molar-refractivity contribution in [3.8, 4) is 0 Å². The predicted molar refractivity (Wildman–Crippen MR) is 50.4 cm³/mol. The van der Waals surface area contributed by atoms with Crippen molar-refractivity contribution in [1.82, 2.24) is 5.32 Å². The number of ether oxygens (including phenoxy) is 2. The highest BCUT2D eigenvalue weighted by molar-refractivity contribution is 4.66. The summed E-state index contributed by atoms with van der Waals surface area (Å²) in [7, 11) is 3.58. The fraction of sp³-hybridized carbons (Fsp3) is 0.778. The van der Waals surface area contributed by atoms with Gasteiger partial charge in [0.05, 0.1) is 19.3 Å². The van der Waals surface area contributed by atoms with Crippen LogP contribution in [0.25, 0.3) is 0 Å². The topological polar surface area (TPSA) is 30.5 Å². The predicted octanol–water partition coefficient (Wildman–Crippen LogP) is 0.813. The second-order valence-electron chi connectivity index (χ2n) is 2.58. The van der Waals surface area contributed by atoms with Gasteiger partial charge in [0.25, 0.3) is 0 Å². The lowest BCUT2D eigenvalue weighted by Gasteiger charge is -2.15. The maximum absolute atomic E-state index is 5.50. The summed E-state index contributed by atoms with van der Waals surface area (Å²) in [5, 5.41) is 3.05. The van der Waals surface area contributed by atoms with Gasteiger partial charge in [-0.1, -0.05) is 6.08 Å². The zero-order valence-electron chi connectivity index (χ0n) is 8.01. The molecule has 0 aromatic carbocycles. The Labute approximate surface area is 74.7 Å². The monoisotopic (exact) mass is 173 g/mol. The summed E-state index contributed by atoms with van der Waals surface area (Å²) in [6.45, 7) is 5.81. The molecule has 0 aliphatic heterocycles. The van der Waals surface area contributed by atoms with Gasteiger partial charge in [0.1, 0.15) is 0 Å². The van der Waals surface area contributed by atoms with E-state index >= 15 is 0 Å². The van der Waals surface area contributed by atoms with Crippen molar-refractivity contribution in [3.05, 3.63) is 12.7 Å². The molecule has 0 aromatic heterocycles. The lowest BCUT2D eigenvalue weighted by molar-refractivity contribution is 0.00204. The highest BCUT2D eigenvalue weighted by atomic mass is 16.5. The first kappa shape index (κ1) is 11.6. The van der Waals surface area contributed by atoms with Crippen molar-refractivity contribution in [3.63, 3.8) is 0 Å². The molecule has 3 heteroatoms. The maximum atomic E-state index is 5.50. The number of rotatable bonds is 8. The van der Waals surface area contributed by atoms with E-state index in [1.54, 1.807) is 7.11 Å².